The first kappa shape index (κ1) is 18.7. The van der Waals surface area contributed by atoms with Gasteiger partial charge in [0.2, 0.25) is 0 Å². The van der Waals surface area contributed by atoms with Gasteiger partial charge in [-0.15, -0.1) is 0 Å². The highest BCUT2D eigenvalue weighted by atomic mass is 35.5. The van der Waals surface area contributed by atoms with Crippen molar-refractivity contribution in [3.8, 4) is 5.75 Å². The summed E-state index contributed by atoms with van der Waals surface area (Å²) >= 11 is 12.5. The lowest BCUT2D eigenvalue weighted by Gasteiger charge is -2.44. The van der Waals surface area contributed by atoms with E-state index in [4.69, 9.17) is 33.0 Å². The van der Waals surface area contributed by atoms with Gasteiger partial charge >= 0.3 is 5.72 Å². The number of carbonyl (C=O) groups is 1. The molecule has 3 aromatic carbocycles. The molecule has 0 saturated carbocycles. The summed E-state index contributed by atoms with van der Waals surface area (Å²) in [6.07, 6.45) is 0.507. The van der Waals surface area contributed by atoms with E-state index in [0.29, 0.717) is 33.5 Å². The van der Waals surface area contributed by atoms with Crippen LogP contribution in [0, 0.1) is 5.82 Å². The van der Waals surface area contributed by atoms with Crippen LogP contribution in [0.3, 0.4) is 0 Å². The molecule has 0 fully saturated rings. The van der Waals surface area contributed by atoms with Crippen molar-refractivity contribution in [2.45, 2.75) is 18.2 Å². The predicted octanol–water partition coefficient (Wildman–Crippen LogP) is 5.48. The van der Waals surface area contributed by atoms with E-state index in [0.717, 1.165) is 16.8 Å². The van der Waals surface area contributed by atoms with Crippen molar-refractivity contribution < 1.29 is 13.9 Å². The van der Waals surface area contributed by atoms with Crippen molar-refractivity contribution in [1.82, 2.24) is 5.01 Å². The van der Waals surface area contributed by atoms with Crippen LogP contribution >= 0.6 is 23.2 Å². The zero-order valence-corrected chi connectivity index (χ0v) is 17.4. The fourth-order valence-electron chi connectivity index (χ4n) is 4.50. The Morgan fingerprint density at radius 2 is 1.81 bits per heavy atom. The van der Waals surface area contributed by atoms with E-state index in [1.807, 2.05) is 6.07 Å². The second-order valence-electron chi connectivity index (χ2n) is 7.69. The molecule has 3 aliphatic rings. The third-order valence-electron chi connectivity index (χ3n) is 5.90. The van der Waals surface area contributed by atoms with Crippen molar-refractivity contribution >= 4 is 40.5 Å². The predicted molar refractivity (Wildman–Crippen MR) is 116 cm³/mol. The Labute approximate surface area is 187 Å². The van der Waals surface area contributed by atoms with Crippen molar-refractivity contribution in [2.75, 3.05) is 5.32 Å². The van der Waals surface area contributed by atoms with Gasteiger partial charge in [-0.2, -0.15) is 5.10 Å². The smallest absolute Gasteiger partial charge is 0.306 e. The largest absolute Gasteiger partial charge is 0.453 e. The molecule has 6 rings (SSSR count). The normalized spacial score (nSPS) is 23.1. The first-order chi connectivity index (χ1) is 15.0. The Morgan fingerprint density at radius 1 is 1.06 bits per heavy atom. The molecule has 0 saturated heterocycles. The summed E-state index contributed by atoms with van der Waals surface area (Å²) in [4.78, 5) is 13.4. The number of hydrogen-bond acceptors (Lipinski definition) is 4. The lowest BCUT2D eigenvalue weighted by molar-refractivity contribution is -0.161. The van der Waals surface area contributed by atoms with Crippen LogP contribution < -0.4 is 10.1 Å². The van der Waals surface area contributed by atoms with Crippen LogP contribution in [0.2, 0.25) is 10.0 Å². The zero-order chi connectivity index (χ0) is 21.3. The molecule has 8 heteroatoms. The Morgan fingerprint density at radius 3 is 2.61 bits per heavy atom. The van der Waals surface area contributed by atoms with Gasteiger partial charge in [-0.25, -0.2) is 9.40 Å². The molecule has 2 atom stereocenters. The van der Waals surface area contributed by atoms with Gasteiger partial charge in [-0.3, -0.25) is 4.79 Å². The summed E-state index contributed by atoms with van der Waals surface area (Å²) in [7, 11) is 0. The molecular formula is C23H14Cl2FN3O2. The maximum Gasteiger partial charge on any atom is 0.306 e. The minimum Gasteiger partial charge on any atom is -0.453 e. The fourth-order valence-corrected chi connectivity index (χ4v) is 4.85. The highest BCUT2D eigenvalue weighted by Crippen LogP contribution is 2.54. The third kappa shape index (κ3) is 2.61. The molecule has 2 unspecified atom stereocenters. The molecule has 3 aliphatic heterocycles. The van der Waals surface area contributed by atoms with Gasteiger partial charge in [0.1, 0.15) is 11.6 Å². The average molecular weight is 454 g/mol. The summed E-state index contributed by atoms with van der Waals surface area (Å²) in [6, 6.07) is 16.4. The average Bonchev–Trinajstić information content (AvgIpc) is 3.31. The third-order valence-corrected chi connectivity index (χ3v) is 6.37. The van der Waals surface area contributed by atoms with Crippen molar-refractivity contribution in [2.24, 2.45) is 5.10 Å². The molecule has 3 heterocycles. The van der Waals surface area contributed by atoms with E-state index in [2.05, 4.69) is 5.32 Å². The fraction of sp³-hybridized carbons (Fsp3) is 0.130. The summed E-state index contributed by atoms with van der Waals surface area (Å²) in [5, 5.41) is 10.4. The number of carbonyl (C=O) groups excluding carboxylic acids is 1. The number of ether oxygens (including phenoxy) is 1. The Hall–Kier alpha value is -3.09. The van der Waals surface area contributed by atoms with Crippen LogP contribution in [-0.4, -0.2) is 16.6 Å². The molecule has 0 bridgehead atoms. The summed E-state index contributed by atoms with van der Waals surface area (Å²) in [6.45, 7) is 0. The van der Waals surface area contributed by atoms with Gasteiger partial charge in [-0.1, -0.05) is 35.3 Å². The zero-order valence-electron chi connectivity index (χ0n) is 15.9. The van der Waals surface area contributed by atoms with Gasteiger partial charge in [0.05, 0.1) is 23.0 Å². The number of anilines is 1. The number of hydrazone groups is 1. The molecule has 0 aliphatic carbocycles. The number of benzene rings is 3. The summed E-state index contributed by atoms with van der Waals surface area (Å²) in [5.74, 6) is -0.112. The first-order valence-corrected chi connectivity index (χ1v) is 10.4. The number of halogens is 3. The molecule has 31 heavy (non-hydrogen) atoms. The standard InChI is InChI=1S/C23H14Cl2FN3O2/c24-13-4-8-21-16(9-13)20-11-19(12-1-5-15(26)6-2-12)28-29(20)23(31-21)17-10-14(25)3-7-18(17)27-22(23)30/h1-10,20H,11H2,(H,27,30). The molecule has 0 aromatic heterocycles. The van der Waals surface area contributed by atoms with Gasteiger partial charge in [0.15, 0.2) is 0 Å². The van der Waals surface area contributed by atoms with Gasteiger partial charge in [0, 0.05) is 22.0 Å². The van der Waals surface area contributed by atoms with E-state index >= 15 is 0 Å². The number of nitrogens with one attached hydrogen (secondary N) is 1. The van der Waals surface area contributed by atoms with Crippen LogP contribution in [0.4, 0.5) is 10.1 Å². The highest BCUT2D eigenvalue weighted by molar-refractivity contribution is 6.31. The molecule has 0 radical (unpaired) electrons. The molecule has 1 spiro atoms. The van der Waals surface area contributed by atoms with E-state index in [1.54, 1.807) is 47.5 Å². The number of amides is 1. The van der Waals surface area contributed by atoms with Crippen molar-refractivity contribution in [3.05, 3.63) is 93.2 Å². The molecule has 1 N–H and O–H groups in total. The van der Waals surface area contributed by atoms with Crippen molar-refractivity contribution in [1.29, 1.82) is 0 Å². The number of rotatable bonds is 1. The number of hydrogen-bond donors (Lipinski definition) is 1. The SMILES string of the molecule is O=C1Nc2ccc(Cl)cc2C12Oc1ccc(Cl)cc1C1CC(c3ccc(F)cc3)=NN12. The van der Waals surface area contributed by atoms with Crippen LogP contribution in [0.15, 0.2) is 65.8 Å². The second-order valence-corrected chi connectivity index (χ2v) is 8.56. The van der Waals surface area contributed by atoms with Crippen LogP contribution in [0.25, 0.3) is 0 Å². The minimum atomic E-state index is -1.51. The van der Waals surface area contributed by atoms with E-state index in [9.17, 15) is 9.18 Å². The lowest BCUT2D eigenvalue weighted by Crippen LogP contribution is -2.55. The van der Waals surface area contributed by atoms with Crippen LogP contribution in [0.1, 0.15) is 29.2 Å². The van der Waals surface area contributed by atoms with Crippen LogP contribution in [0.5, 0.6) is 5.75 Å². The quantitative estimate of drug-likeness (QED) is 0.530. The molecule has 1 amide bonds. The Balaban J connectivity index is 1.58. The van der Waals surface area contributed by atoms with E-state index < -0.39 is 5.72 Å². The van der Waals surface area contributed by atoms with E-state index in [1.165, 1.54) is 12.1 Å². The minimum absolute atomic E-state index is 0.293. The monoisotopic (exact) mass is 453 g/mol. The Bertz CT molecular complexity index is 1290. The maximum atomic E-state index is 13.5. The lowest BCUT2D eigenvalue weighted by atomic mass is 9.92. The number of nitrogens with zero attached hydrogens (tertiary/aromatic N) is 2. The van der Waals surface area contributed by atoms with Crippen molar-refractivity contribution in [3.63, 3.8) is 0 Å². The molecule has 154 valence electrons. The number of fused-ring (bicyclic) bond motifs is 6. The molecule has 5 nitrogen and oxygen atoms in total. The van der Waals surface area contributed by atoms with Gasteiger partial charge < -0.3 is 10.1 Å². The summed E-state index contributed by atoms with van der Waals surface area (Å²) < 4.78 is 19.8. The highest BCUT2D eigenvalue weighted by Gasteiger charge is 2.61. The van der Waals surface area contributed by atoms with E-state index in [-0.39, 0.29) is 17.8 Å². The summed E-state index contributed by atoms with van der Waals surface area (Å²) in [5.41, 5.74) is 2.05. The molecular weight excluding hydrogens is 440 g/mol. The topological polar surface area (TPSA) is 53.9 Å². The first-order valence-electron chi connectivity index (χ1n) is 9.68. The second kappa shape index (κ2) is 6.45. The maximum absolute atomic E-state index is 13.5. The van der Waals surface area contributed by atoms with Gasteiger partial charge in [0.25, 0.3) is 5.91 Å². The van der Waals surface area contributed by atoms with Gasteiger partial charge in [-0.05, 0) is 54.1 Å². The Kier molecular flexibility index (Phi) is 3.88. The molecule has 3 aromatic rings. The van der Waals surface area contributed by atoms with Crippen LogP contribution in [-0.2, 0) is 10.5 Å².